The Hall–Kier alpha value is -2.99. The number of halogens is 1. The minimum atomic E-state index is -0.0245. The van der Waals surface area contributed by atoms with Gasteiger partial charge in [-0.25, -0.2) is 0 Å². The van der Waals surface area contributed by atoms with Crippen molar-refractivity contribution in [1.29, 1.82) is 0 Å². The maximum absolute atomic E-state index is 13.2. The fraction of sp³-hybridized carbons (Fsp3) is 0.360. The number of aromatic amines is 1. The smallest absolute Gasteiger partial charge is 0.271 e. The van der Waals surface area contributed by atoms with Crippen LogP contribution in [0.15, 0.2) is 54.6 Å². The zero-order valence-corrected chi connectivity index (χ0v) is 18.7. The quantitative estimate of drug-likeness (QED) is 0.569. The molecule has 3 atom stereocenters. The van der Waals surface area contributed by atoms with Crippen LogP contribution in [0.2, 0.25) is 5.02 Å². The largest absolute Gasteiger partial charge is 0.493 e. The number of carbonyl (C=O) groups is 1. The van der Waals surface area contributed by atoms with Crippen molar-refractivity contribution >= 4 is 17.5 Å². The molecule has 2 aliphatic rings. The lowest BCUT2D eigenvalue weighted by Crippen LogP contribution is -2.32. The maximum Gasteiger partial charge on any atom is 0.271 e. The third-order valence-electron chi connectivity index (χ3n) is 6.46. The second-order valence-corrected chi connectivity index (χ2v) is 8.80. The Balaban J connectivity index is 1.28. The molecule has 2 heterocycles. The van der Waals surface area contributed by atoms with Gasteiger partial charge in [-0.1, -0.05) is 35.9 Å². The van der Waals surface area contributed by atoms with E-state index in [-0.39, 0.29) is 12.0 Å². The summed E-state index contributed by atoms with van der Waals surface area (Å²) in [6.07, 6.45) is 2.12. The molecule has 1 saturated heterocycles. The third kappa shape index (κ3) is 3.95. The average molecular weight is 452 g/mol. The van der Waals surface area contributed by atoms with Gasteiger partial charge in [0.05, 0.1) is 17.3 Å². The van der Waals surface area contributed by atoms with Gasteiger partial charge in [-0.3, -0.25) is 9.89 Å². The number of hydrogen-bond acceptors (Lipinski definition) is 4. The van der Waals surface area contributed by atoms with Crippen molar-refractivity contribution in [1.82, 2.24) is 15.1 Å². The lowest BCUT2D eigenvalue weighted by molar-refractivity contribution is 0.0756. The summed E-state index contributed by atoms with van der Waals surface area (Å²) in [4.78, 5) is 15.1. The second kappa shape index (κ2) is 8.87. The molecular formula is C25H26ClN3O3. The van der Waals surface area contributed by atoms with Crippen molar-refractivity contribution in [2.75, 3.05) is 19.7 Å². The second-order valence-electron chi connectivity index (χ2n) is 8.39. The molecule has 6 nitrogen and oxygen atoms in total. The average Bonchev–Trinajstić information content (AvgIpc) is 3.53. The molecule has 0 spiro atoms. The van der Waals surface area contributed by atoms with E-state index >= 15 is 0 Å². The van der Waals surface area contributed by atoms with Crippen molar-refractivity contribution in [2.45, 2.75) is 25.9 Å². The van der Waals surface area contributed by atoms with E-state index in [0.717, 1.165) is 36.4 Å². The molecule has 2 aromatic carbocycles. The Bertz CT molecular complexity index is 1120. The Kier molecular flexibility index (Phi) is 5.79. The number of carbonyl (C=O) groups excluding carboxylic acids is 1. The number of nitrogens with one attached hydrogen (secondary N) is 1. The fourth-order valence-electron chi connectivity index (χ4n) is 4.93. The predicted octanol–water partition coefficient (Wildman–Crippen LogP) is 5.06. The highest BCUT2D eigenvalue weighted by molar-refractivity contribution is 6.32. The van der Waals surface area contributed by atoms with Gasteiger partial charge in [0, 0.05) is 24.6 Å². The summed E-state index contributed by atoms with van der Waals surface area (Å²) in [6, 6.07) is 17.1. The van der Waals surface area contributed by atoms with Crippen LogP contribution in [0, 0.1) is 11.8 Å². The number of benzene rings is 2. The zero-order valence-electron chi connectivity index (χ0n) is 18.0. The van der Waals surface area contributed by atoms with Crippen molar-refractivity contribution < 1.29 is 14.3 Å². The van der Waals surface area contributed by atoms with E-state index in [2.05, 4.69) is 10.2 Å². The Morgan fingerprint density at radius 2 is 1.91 bits per heavy atom. The minimum absolute atomic E-state index is 0.0245. The molecule has 0 radical (unpaired) electrons. The molecule has 1 aliphatic carbocycles. The summed E-state index contributed by atoms with van der Waals surface area (Å²) >= 11 is 6.28. The molecule has 2 fully saturated rings. The van der Waals surface area contributed by atoms with E-state index in [1.165, 1.54) is 0 Å². The Morgan fingerprint density at radius 1 is 1.12 bits per heavy atom. The summed E-state index contributed by atoms with van der Waals surface area (Å²) in [5, 5.41) is 7.94. The zero-order chi connectivity index (χ0) is 22.1. The van der Waals surface area contributed by atoms with E-state index in [0.29, 0.717) is 41.4 Å². The van der Waals surface area contributed by atoms with Gasteiger partial charge < -0.3 is 14.4 Å². The van der Waals surface area contributed by atoms with Crippen LogP contribution in [-0.4, -0.2) is 46.8 Å². The maximum atomic E-state index is 13.2. The van der Waals surface area contributed by atoms with E-state index in [1.807, 2.05) is 66.4 Å². The van der Waals surface area contributed by atoms with Crippen LogP contribution in [-0.2, 0) is 0 Å². The standard InChI is InChI=1S/C25H26ClN3O3/c1-2-31-22-9-5-3-7-17(22)20-13-21(28-27-20)25(30)29-14-16-11-12-23(18(16)15-29)32-24-10-6-4-8-19(24)26/h3-10,13,16,18,23H,2,11-12,14-15H2,1H3,(H,27,28)/t16-,18+,23-/m0/s1. The van der Waals surface area contributed by atoms with E-state index in [1.54, 1.807) is 0 Å². The van der Waals surface area contributed by atoms with Gasteiger partial charge in [-0.15, -0.1) is 0 Å². The molecule has 32 heavy (non-hydrogen) atoms. The number of amides is 1. The highest BCUT2D eigenvalue weighted by Crippen LogP contribution is 2.41. The van der Waals surface area contributed by atoms with Gasteiger partial charge in [-0.05, 0) is 56.0 Å². The molecule has 0 unspecified atom stereocenters. The molecular weight excluding hydrogens is 426 g/mol. The number of likely N-dealkylation sites (tertiary alicyclic amines) is 1. The van der Waals surface area contributed by atoms with Gasteiger partial charge in [0.2, 0.25) is 0 Å². The highest BCUT2D eigenvalue weighted by Gasteiger charge is 2.45. The molecule has 5 rings (SSSR count). The number of para-hydroxylation sites is 2. The lowest BCUT2D eigenvalue weighted by Gasteiger charge is -2.22. The summed E-state index contributed by atoms with van der Waals surface area (Å²) < 4.78 is 12.0. The molecule has 1 aromatic heterocycles. The first-order valence-electron chi connectivity index (χ1n) is 11.1. The number of nitrogens with zero attached hydrogens (tertiary/aromatic N) is 2. The first-order valence-corrected chi connectivity index (χ1v) is 11.5. The van der Waals surface area contributed by atoms with E-state index < -0.39 is 0 Å². The van der Waals surface area contributed by atoms with Crippen LogP contribution < -0.4 is 9.47 Å². The van der Waals surface area contributed by atoms with Gasteiger partial charge in [0.25, 0.3) is 5.91 Å². The number of H-pyrrole nitrogens is 1. The van der Waals surface area contributed by atoms with Gasteiger partial charge in [0.15, 0.2) is 0 Å². The number of ether oxygens (including phenoxy) is 2. The molecule has 3 aromatic rings. The molecule has 7 heteroatoms. The molecule has 0 bridgehead atoms. The number of aromatic nitrogens is 2. The van der Waals surface area contributed by atoms with Crippen LogP contribution >= 0.6 is 11.6 Å². The lowest BCUT2D eigenvalue weighted by atomic mass is 9.99. The van der Waals surface area contributed by atoms with Crippen LogP contribution in [0.5, 0.6) is 11.5 Å². The van der Waals surface area contributed by atoms with E-state index in [9.17, 15) is 4.79 Å². The third-order valence-corrected chi connectivity index (χ3v) is 6.78. The Morgan fingerprint density at radius 3 is 2.72 bits per heavy atom. The molecule has 1 amide bonds. The topological polar surface area (TPSA) is 67.4 Å². The van der Waals surface area contributed by atoms with Crippen LogP contribution in [0.25, 0.3) is 11.3 Å². The van der Waals surface area contributed by atoms with Crippen molar-refractivity contribution in [3.63, 3.8) is 0 Å². The molecule has 1 N–H and O–H groups in total. The van der Waals surface area contributed by atoms with Crippen LogP contribution in [0.4, 0.5) is 0 Å². The van der Waals surface area contributed by atoms with Crippen molar-refractivity contribution in [3.8, 4) is 22.8 Å². The molecule has 1 saturated carbocycles. The van der Waals surface area contributed by atoms with Crippen molar-refractivity contribution in [3.05, 3.63) is 65.3 Å². The number of fused-ring (bicyclic) bond motifs is 1. The summed E-state index contributed by atoms with van der Waals surface area (Å²) in [5.74, 6) is 2.22. The van der Waals surface area contributed by atoms with Crippen LogP contribution in [0.1, 0.15) is 30.3 Å². The molecule has 166 valence electrons. The SMILES string of the molecule is CCOc1ccccc1-c1cc(C(=O)N2C[C@@H]3CC[C@H](Oc4ccccc4Cl)[C@@H]3C2)[nH]n1. The summed E-state index contributed by atoms with van der Waals surface area (Å²) in [6.45, 7) is 3.95. The number of rotatable bonds is 6. The summed E-state index contributed by atoms with van der Waals surface area (Å²) in [5.41, 5.74) is 2.07. The molecule has 1 aliphatic heterocycles. The van der Waals surface area contributed by atoms with Crippen molar-refractivity contribution in [2.24, 2.45) is 11.8 Å². The Labute approximate surface area is 192 Å². The van der Waals surface area contributed by atoms with Crippen LogP contribution in [0.3, 0.4) is 0 Å². The minimum Gasteiger partial charge on any atom is -0.493 e. The fourth-order valence-corrected chi connectivity index (χ4v) is 5.11. The first-order chi connectivity index (χ1) is 15.6. The highest BCUT2D eigenvalue weighted by atomic mass is 35.5. The number of hydrogen-bond donors (Lipinski definition) is 1. The predicted molar refractivity (Wildman–Crippen MR) is 123 cm³/mol. The monoisotopic (exact) mass is 451 g/mol. The summed E-state index contributed by atoms with van der Waals surface area (Å²) in [7, 11) is 0. The normalized spacial score (nSPS) is 22.1. The van der Waals surface area contributed by atoms with Gasteiger partial charge in [0.1, 0.15) is 23.3 Å². The van der Waals surface area contributed by atoms with E-state index in [4.69, 9.17) is 21.1 Å². The van der Waals surface area contributed by atoms with Gasteiger partial charge in [-0.2, -0.15) is 5.10 Å². The first kappa shape index (κ1) is 20.9. The van der Waals surface area contributed by atoms with Gasteiger partial charge >= 0.3 is 0 Å².